The first kappa shape index (κ1) is 29.7. The van der Waals surface area contributed by atoms with E-state index in [0.29, 0.717) is 46.5 Å². The van der Waals surface area contributed by atoms with Crippen LogP contribution in [0.4, 0.5) is 0 Å². The maximum atomic E-state index is 13.0. The van der Waals surface area contributed by atoms with Gasteiger partial charge in [-0.15, -0.1) is 0 Å². The monoisotopic (exact) mass is 645 g/mol. The first-order chi connectivity index (χ1) is 20.2. The van der Waals surface area contributed by atoms with Crippen molar-refractivity contribution in [2.45, 2.75) is 33.1 Å². The molecule has 0 aliphatic carbocycles. The van der Waals surface area contributed by atoms with Gasteiger partial charge in [0.15, 0.2) is 16.7 Å². The number of hydrogen-bond donors (Lipinski definition) is 1. The molecular formula is C33H32BrN3O4S. The number of halogens is 1. The van der Waals surface area contributed by atoms with Crippen molar-refractivity contribution < 1.29 is 19.0 Å². The number of carbonyl (C=O) groups is 1. The summed E-state index contributed by atoms with van der Waals surface area (Å²) in [7, 11) is 0. The SMILES string of the molecule is CCOc1cc(/C=C2/C(=N)N3C(c4ccccc4)=CSC3=NC2=O)cc(Br)c1OCCOc1ccc(C(C)(C)C)cc1. The molecule has 2 aliphatic rings. The summed E-state index contributed by atoms with van der Waals surface area (Å²) in [5.41, 5.74) is 3.96. The first-order valence-electron chi connectivity index (χ1n) is 13.6. The molecule has 0 fully saturated rings. The molecular weight excluding hydrogens is 614 g/mol. The standard InChI is InChI=1S/C33H32BrN3O4S/c1-5-39-28-19-21(18-26(34)29(28)41-16-15-40-24-13-11-23(12-14-24)33(2,3)4)17-25-30(35)37-27(22-9-7-6-8-10-22)20-42-32(37)36-31(25)38/h6-14,17-20,35H,5,15-16H2,1-4H3/b25-17-,35-30?. The molecule has 1 amide bonds. The highest BCUT2D eigenvalue weighted by atomic mass is 79.9. The fourth-order valence-corrected chi connectivity index (χ4v) is 5.97. The van der Waals surface area contributed by atoms with Crippen LogP contribution >= 0.6 is 27.7 Å². The number of hydrogen-bond acceptors (Lipinski definition) is 6. The van der Waals surface area contributed by atoms with Crippen LogP contribution in [0.3, 0.4) is 0 Å². The van der Waals surface area contributed by atoms with Gasteiger partial charge in [0, 0.05) is 5.41 Å². The van der Waals surface area contributed by atoms with Crippen LogP contribution in [0.15, 0.2) is 87.2 Å². The smallest absolute Gasteiger partial charge is 0.283 e. The number of amides is 1. The fourth-order valence-electron chi connectivity index (χ4n) is 4.51. The van der Waals surface area contributed by atoms with Gasteiger partial charge in [-0.1, -0.05) is 75.0 Å². The van der Waals surface area contributed by atoms with Crippen LogP contribution in [0.5, 0.6) is 17.2 Å². The number of nitrogens with zero attached hydrogens (tertiary/aromatic N) is 2. The Bertz CT molecular complexity index is 1590. The van der Waals surface area contributed by atoms with Crippen LogP contribution in [0.1, 0.15) is 44.4 Å². The zero-order valence-electron chi connectivity index (χ0n) is 23.9. The van der Waals surface area contributed by atoms with Crippen molar-refractivity contribution >= 4 is 56.4 Å². The van der Waals surface area contributed by atoms with Crippen LogP contribution in [-0.4, -0.2) is 41.6 Å². The minimum atomic E-state index is -0.455. The molecule has 0 saturated heterocycles. The molecule has 0 saturated carbocycles. The van der Waals surface area contributed by atoms with Crippen LogP contribution in [-0.2, 0) is 10.2 Å². The molecule has 9 heteroatoms. The van der Waals surface area contributed by atoms with E-state index in [9.17, 15) is 4.79 Å². The normalized spacial score (nSPS) is 15.8. The van der Waals surface area contributed by atoms with E-state index in [1.807, 2.05) is 60.9 Å². The van der Waals surface area contributed by atoms with Gasteiger partial charge in [0.2, 0.25) is 0 Å². The number of rotatable bonds is 9. The molecule has 0 aromatic heterocycles. The highest BCUT2D eigenvalue weighted by Gasteiger charge is 2.36. The summed E-state index contributed by atoms with van der Waals surface area (Å²) in [5, 5.41) is 11.3. The van der Waals surface area contributed by atoms with Crippen molar-refractivity contribution in [1.82, 2.24) is 4.90 Å². The molecule has 2 heterocycles. The number of nitrogens with one attached hydrogen (secondary N) is 1. The van der Waals surface area contributed by atoms with Gasteiger partial charge in [-0.3, -0.25) is 15.1 Å². The molecule has 42 heavy (non-hydrogen) atoms. The van der Waals surface area contributed by atoms with E-state index in [-0.39, 0.29) is 16.8 Å². The molecule has 2 aliphatic heterocycles. The van der Waals surface area contributed by atoms with Gasteiger partial charge in [0.25, 0.3) is 5.91 Å². The topological polar surface area (TPSA) is 84.2 Å². The third kappa shape index (κ3) is 6.47. The Morgan fingerprint density at radius 2 is 1.71 bits per heavy atom. The van der Waals surface area contributed by atoms with Crippen molar-refractivity contribution in [3.63, 3.8) is 0 Å². The number of aliphatic imine (C=N–C) groups is 1. The van der Waals surface area contributed by atoms with Crippen molar-refractivity contribution in [2.75, 3.05) is 19.8 Å². The average molecular weight is 647 g/mol. The second kappa shape index (κ2) is 12.6. The van der Waals surface area contributed by atoms with Gasteiger partial charge >= 0.3 is 0 Å². The molecule has 3 aromatic carbocycles. The number of carbonyl (C=O) groups excluding carboxylic acids is 1. The zero-order chi connectivity index (χ0) is 29.9. The highest BCUT2D eigenvalue weighted by molar-refractivity contribution is 9.10. The third-order valence-electron chi connectivity index (χ3n) is 6.65. The Balaban J connectivity index is 1.31. The molecule has 3 aromatic rings. The van der Waals surface area contributed by atoms with Crippen LogP contribution < -0.4 is 14.2 Å². The lowest BCUT2D eigenvalue weighted by Crippen LogP contribution is -2.38. The lowest BCUT2D eigenvalue weighted by Gasteiger charge is -2.27. The summed E-state index contributed by atoms with van der Waals surface area (Å²) in [6.45, 7) is 9.53. The van der Waals surface area contributed by atoms with Gasteiger partial charge in [-0.05, 0) is 75.3 Å². The summed E-state index contributed by atoms with van der Waals surface area (Å²) in [5.74, 6) is 1.47. The van der Waals surface area contributed by atoms with E-state index < -0.39 is 5.91 Å². The minimum Gasteiger partial charge on any atom is -0.490 e. The average Bonchev–Trinajstić information content (AvgIpc) is 3.39. The lowest BCUT2D eigenvalue weighted by molar-refractivity contribution is -0.114. The fraction of sp³-hybridized carbons (Fsp3) is 0.242. The summed E-state index contributed by atoms with van der Waals surface area (Å²) >= 11 is 4.95. The predicted octanol–water partition coefficient (Wildman–Crippen LogP) is 7.91. The van der Waals surface area contributed by atoms with Crippen molar-refractivity contribution in [3.05, 3.63) is 98.9 Å². The molecule has 0 atom stereocenters. The molecule has 0 radical (unpaired) electrons. The largest absolute Gasteiger partial charge is 0.490 e. The summed E-state index contributed by atoms with van der Waals surface area (Å²) in [4.78, 5) is 18.9. The Labute approximate surface area is 258 Å². The predicted molar refractivity (Wildman–Crippen MR) is 173 cm³/mol. The molecule has 0 spiro atoms. The molecule has 1 N–H and O–H groups in total. The van der Waals surface area contributed by atoms with Crippen LogP contribution in [0.25, 0.3) is 11.8 Å². The van der Waals surface area contributed by atoms with E-state index in [1.165, 1.54) is 17.3 Å². The Morgan fingerprint density at radius 1 is 1.00 bits per heavy atom. The Kier molecular flexibility index (Phi) is 8.89. The van der Waals surface area contributed by atoms with Crippen molar-refractivity contribution in [3.8, 4) is 17.2 Å². The van der Waals surface area contributed by atoms with Crippen molar-refractivity contribution in [1.29, 1.82) is 5.41 Å². The maximum Gasteiger partial charge on any atom is 0.283 e. The number of amidine groups is 2. The summed E-state index contributed by atoms with van der Waals surface area (Å²) in [6.07, 6.45) is 1.66. The van der Waals surface area contributed by atoms with Crippen molar-refractivity contribution in [2.24, 2.45) is 4.99 Å². The lowest BCUT2D eigenvalue weighted by atomic mass is 9.87. The van der Waals surface area contributed by atoms with Crippen LogP contribution in [0, 0.1) is 5.41 Å². The van der Waals surface area contributed by atoms with E-state index in [2.05, 4.69) is 53.8 Å². The number of thioether (sulfide) groups is 1. The summed E-state index contributed by atoms with van der Waals surface area (Å²) < 4.78 is 18.5. The summed E-state index contributed by atoms with van der Waals surface area (Å²) in [6, 6.07) is 21.5. The zero-order valence-corrected chi connectivity index (χ0v) is 26.3. The van der Waals surface area contributed by atoms with Crippen LogP contribution in [0.2, 0.25) is 0 Å². The molecule has 0 unspecified atom stereocenters. The van der Waals surface area contributed by atoms with Gasteiger partial charge in [-0.2, -0.15) is 4.99 Å². The Morgan fingerprint density at radius 3 is 2.40 bits per heavy atom. The number of ether oxygens (including phenoxy) is 3. The highest BCUT2D eigenvalue weighted by Crippen LogP contribution is 2.40. The van der Waals surface area contributed by atoms with Gasteiger partial charge in [0.05, 0.1) is 22.3 Å². The molecule has 5 rings (SSSR count). The van der Waals surface area contributed by atoms with E-state index >= 15 is 0 Å². The number of fused-ring (bicyclic) bond motifs is 1. The third-order valence-corrected chi connectivity index (χ3v) is 8.06. The van der Waals surface area contributed by atoms with E-state index in [0.717, 1.165) is 17.0 Å². The second-order valence-corrected chi connectivity index (χ2v) is 12.4. The maximum absolute atomic E-state index is 13.0. The quantitative estimate of drug-likeness (QED) is 0.188. The van der Waals surface area contributed by atoms with Gasteiger partial charge in [0.1, 0.15) is 24.8 Å². The number of benzene rings is 3. The molecule has 0 bridgehead atoms. The van der Waals surface area contributed by atoms with E-state index in [1.54, 1.807) is 17.0 Å². The van der Waals surface area contributed by atoms with Gasteiger partial charge in [-0.25, -0.2) is 0 Å². The molecule has 7 nitrogen and oxygen atoms in total. The Hall–Kier alpha value is -3.82. The minimum absolute atomic E-state index is 0.0761. The molecule has 216 valence electrons. The first-order valence-corrected chi connectivity index (χ1v) is 15.3. The van der Waals surface area contributed by atoms with Gasteiger partial charge < -0.3 is 14.2 Å². The second-order valence-electron chi connectivity index (χ2n) is 10.7. The van der Waals surface area contributed by atoms with E-state index in [4.69, 9.17) is 19.6 Å².